The number of likely N-dealkylation sites (N-methyl/N-ethyl adjacent to an activating group) is 1. The number of ether oxygens (including phenoxy) is 1. The summed E-state index contributed by atoms with van der Waals surface area (Å²) in [7, 11) is 3.35. The number of allylic oxidation sites excluding steroid dienone is 2. The largest absolute Gasteiger partial charge is 0.497 e. The lowest BCUT2D eigenvalue weighted by Crippen LogP contribution is -2.64. The number of anilines is 1. The Hall–Kier alpha value is -3.03. The highest BCUT2D eigenvalue weighted by Gasteiger charge is 2.55. The number of nitrogens with zero attached hydrogens (tertiary/aromatic N) is 5. The predicted molar refractivity (Wildman–Crippen MR) is 106 cm³/mol. The first-order valence-corrected chi connectivity index (χ1v) is 9.47. The molecule has 3 aliphatic rings. The third kappa shape index (κ3) is 2.40. The summed E-state index contributed by atoms with van der Waals surface area (Å²) < 4.78 is 5.25. The van der Waals surface area contributed by atoms with Crippen molar-refractivity contribution in [1.82, 2.24) is 14.7 Å². The monoisotopic (exact) mass is 383 g/mol. The van der Waals surface area contributed by atoms with Crippen LogP contribution in [0.2, 0.25) is 0 Å². The molecule has 3 aliphatic heterocycles. The van der Waals surface area contributed by atoms with Gasteiger partial charge in [0.1, 0.15) is 5.75 Å². The third-order valence-corrected chi connectivity index (χ3v) is 5.67. The van der Waals surface area contributed by atoms with E-state index in [1.165, 1.54) is 4.90 Å². The lowest BCUT2D eigenvalue weighted by atomic mass is 10.1. The average Bonchev–Trinajstić information content (AvgIpc) is 3.19. The Morgan fingerprint density at radius 2 is 1.79 bits per heavy atom. The van der Waals surface area contributed by atoms with Gasteiger partial charge in [0.2, 0.25) is 5.96 Å². The second-order valence-electron chi connectivity index (χ2n) is 7.25. The fraction of sp³-hybridized carbons (Fsp3) is 0.450. The lowest BCUT2D eigenvalue weighted by molar-refractivity contribution is -0.136. The van der Waals surface area contributed by atoms with Gasteiger partial charge in [0.05, 0.1) is 7.11 Å². The minimum Gasteiger partial charge on any atom is -0.497 e. The zero-order valence-corrected chi connectivity index (χ0v) is 16.8. The SMILES string of the molecule is CCCN1C(=O)C2C(N=C3N(c4ccc(OC)cc4)C(C)=C(C)N32)N(C)C1=O. The van der Waals surface area contributed by atoms with Gasteiger partial charge in [-0.2, -0.15) is 0 Å². The molecule has 8 heteroatoms. The molecule has 8 nitrogen and oxygen atoms in total. The van der Waals surface area contributed by atoms with Crippen LogP contribution in [0, 0.1) is 0 Å². The number of benzene rings is 1. The fourth-order valence-corrected chi connectivity index (χ4v) is 4.08. The van der Waals surface area contributed by atoms with E-state index in [1.54, 1.807) is 19.1 Å². The molecule has 0 spiro atoms. The Labute approximate surface area is 164 Å². The first kappa shape index (κ1) is 18.3. The summed E-state index contributed by atoms with van der Waals surface area (Å²) in [6.07, 6.45) is 0.203. The van der Waals surface area contributed by atoms with E-state index < -0.39 is 12.2 Å². The molecule has 0 radical (unpaired) electrons. The maximum Gasteiger partial charge on any atom is 0.328 e. The number of fused-ring (bicyclic) bond motifs is 3. The van der Waals surface area contributed by atoms with Crippen molar-refractivity contribution in [2.45, 2.75) is 39.4 Å². The summed E-state index contributed by atoms with van der Waals surface area (Å²) in [5.41, 5.74) is 2.91. The van der Waals surface area contributed by atoms with Gasteiger partial charge in [-0.3, -0.25) is 19.5 Å². The summed E-state index contributed by atoms with van der Waals surface area (Å²) in [5, 5.41) is 0. The second-order valence-corrected chi connectivity index (χ2v) is 7.25. The molecule has 2 atom stereocenters. The van der Waals surface area contributed by atoms with Crippen LogP contribution in [0.4, 0.5) is 10.5 Å². The normalized spacial score (nSPS) is 24.1. The topological polar surface area (TPSA) is 68.7 Å². The molecule has 2 unspecified atom stereocenters. The van der Waals surface area contributed by atoms with E-state index in [0.29, 0.717) is 12.5 Å². The van der Waals surface area contributed by atoms with Crippen molar-refractivity contribution in [3.05, 3.63) is 35.7 Å². The van der Waals surface area contributed by atoms with Gasteiger partial charge < -0.3 is 9.64 Å². The summed E-state index contributed by atoms with van der Waals surface area (Å²) in [4.78, 5) is 37.6. The van der Waals surface area contributed by atoms with Crippen LogP contribution in [0.25, 0.3) is 0 Å². The zero-order valence-electron chi connectivity index (χ0n) is 16.8. The molecule has 3 amide bonds. The molecular formula is C20H25N5O3. The highest BCUT2D eigenvalue weighted by atomic mass is 16.5. The zero-order chi connectivity index (χ0) is 20.2. The number of aliphatic imine (C=N–C) groups is 1. The Morgan fingerprint density at radius 1 is 1.11 bits per heavy atom. The second kappa shape index (κ2) is 6.54. The van der Waals surface area contributed by atoms with Gasteiger partial charge in [0.15, 0.2) is 12.2 Å². The Balaban J connectivity index is 1.75. The number of amides is 3. The van der Waals surface area contributed by atoms with E-state index in [2.05, 4.69) is 0 Å². The van der Waals surface area contributed by atoms with Crippen LogP contribution in [0.1, 0.15) is 27.2 Å². The minimum absolute atomic E-state index is 0.183. The number of carbonyl (C=O) groups excluding carboxylic acids is 2. The number of hydrogen-bond acceptors (Lipinski definition) is 6. The Kier molecular flexibility index (Phi) is 4.28. The van der Waals surface area contributed by atoms with Crippen molar-refractivity contribution >= 4 is 23.6 Å². The van der Waals surface area contributed by atoms with Crippen LogP contribution >= 0.6 is 0 Å². The molecular weight excluding hydrogens is 358 g/mol. The molecule has 0 saturated carbocycles. The maximum atomic E-state index is 13.2. The highest BCUT2D eigenvalue weighted by molar-refractivity contribution is 6.10. The van der Waals surface area contributed by atoms with Crippen molar-refractivity contribution < 1.29 is 14.3 Å². The smallest absolute Gasteiger partial charge is 0.328 e. The Bertz CT molecular complexity index is 892. The summed E-state index contributed by atoms with van der Waals surface area (Å²) in [6.45, 7) is 6.38. The van der Waals surface area contributed by atoms with E-state index in [-0.39, 0.29) is 11.9 Å². The number of rotatable bonds is 4. The van der Waals surface area contributed by atoms with Crippen molar-refractivity contribution in [3.63, 3.8) is 0 Å². The van der Waals surface area contributed by atoms with Crippen LogP contribution in [0.3, 0.4) is 0 Å². The number of hydrogen-bond donors (Lipinski definition) is 0. The molecule has 28 heavy (non-hydrogen) atoms. The number of imide groups is 1. The van der Waals surface area contributed by atoms with Gasteiger partial charge in [-0.05, 0) is 44.5 Å². The summed E-state index contributed by atoms with van der Waals surface area (Å²) in [6, 6.07) is 6.91. The molecule has 0 aliphatic carbocycles. The van der Waals surface area contributed by atoms with Gasteiger partial charge in [-0.25, -0.2) is 9.79 Å². The summed E-state index contributed by atoms with van der Waals surface area (Å²) >= 11 is 0. The van der Waals surface area contributed by atoms with Crippen molar-refractivity contribution in [1.29, 1.82) is 0 Å². The van der Waals surface area contributed by atoms with Crippen LogP contribution in [-0.2, 0) is 4.79 Å². The van der Waals surface area contributed by atoms with Gasteiger partial charge in [0, 0.05) is 30.7 Å². The average molecular weight is 383 g/mol. The van der Waals surface area contributed by atoms with Gasteiger partial charge in [-0.15, -0.1) is 0 Å². The number of urea groups is 1. The van der Waals surface area contributed by atoms with Crippen LogP contribution in [-0.4, -0.2) is 65.5 Å². The van der Waals surface area contributed by atoms with E-state index >= 15 is 0 Å². The quantitative estimate of drug-likeness (QED) is 0.799. The van der Waals surface area contributed by atoms with Crippen molar-refractivity contribution in [2.75, 3.05) is 25.6 Å². The highest BCUT2D eigenvalue weighted by Crippen LogP contribution is 2.40. The first-order valence-electron chi connectivity index (χ1n) is 9.47. The molecule has 3 heterocycles. The van der Waals surface area contributed by atoms with Gasteiger partial charge >= 0.3 is 6.03 Å². The first-order chi connectivity index (χ1) is 13.4. The molecule has 0 aromatic heterocycles. The standard InChI is InChI=1S/C20H25N5O3/c1-6-11-23-18(26)16-17(22(4)20(23)27)21-19-24(12(2)13(3)25(16)19)14-7-9-15(28-5)10-8-14/h7-10,16-17H,6,11H2,1-5H3. The fourth-order valence-electron chi connectivity index (χ4n) is 4.08. The van der Waals surface area contributed by atoms with Crippen molar-refractivity contribution in [2.24, 2.45) is 4.99 Å². The maximum absolute atomic E-state index is 13.2. The van der Waals surface area contributed by atoms with Crippen LogP contribution < -0.4 is 9.64 Å². The third-order valence-electron chi connectivity index (χ3n) is 5.67. The minimum atomic E-state index is -0.526. The number of carbonyl (C=O) groups is 2. The van der Waals surface area contributed by atoms with E-state index in [1.807, 2.05) is 54.8 Å². The molecule has 1 fully saturated rings. The molecule has 1 saturated heterocycles. The Morgan fingerprint density at radius 3 is 2.39 bits per heavy atom. The molecule has 1 aromatic rings. The number of methoxy groups -OCH3 is 1. The molecule has 4 rings (SSSR count). The van der Waals surface area contributed by atoms with Crippen LogP contribution in [0.5, 0.6) is 5.75 Å². The van der Waals surface area contributed by atoms with E-state index in [0.717, 1.165) is 29.3 Å². The molecule has 148 valence electrons. The van der Waals surface area contributed by atoms with Gasteiger partial charge in [0.25, 0.3) is 5.91 Å². The summed E-state index contributed by atoms with van der Waals surface area (Å²) in [5.74, 6) is 1.27. The molecule has 1 aromatic carbocycles. The number of guanidine groups is 1. The molecule has 0 N–H and O–H groups in total. The van der Waals surface area contributed by atoms with Gasteiger partial charge in [-0.1, -0.05) is 6.92 Å². The van der Waals surface area contributed by atoms with E-state index in [4.69, 9.17) is 9.73 Å². The predicted octanol–water partition coefficient (Wildman–Crippen LogP) is 2.44. The van der Waals surface area contributed by atoms with E-state index in [9.17, 15) is 9.59 Å². The van der Waals surface area contributed by atoms with Crippen molar-refractivity contribution in [3.8, 4) is 5.75 Å². The van der Waals surface area contributed by atoms with Crippen LogP contribution in [0.15, 0.2) is 40.7 Å². The molecule has 0 bridgehead atoms. The lowest BCUT2D eigenvalue weighted by Gasteiger charge is -2.40.